The Hall–Kier alpha value is -2.44. The number of benzene rings is 1. The van der Waals surface area contributed by atoms with E-state index in [1.807, 2.05) is 6.92 Å². The third-order valence-electron chi connectivity index (χ3n) is 3.80. The van der Waals surface area contributed by atoms with Gasteiger partial charge in [0.05, 0.1) is 0 Å². The number of carboxylic acids is 1. The smallest absolute Gasteiger partial charge is 0.326 e. The predicted molar refractivity (Wildman–Crippen MR) is 91.6 cm³/mol. The van der Waals surface area contributed by atoms with Crippen molar-refractivity contribution < 1.29 is 23.9 Å². The molecule has 0 spiro atoms. The number of unbranched alkanes of at least 4 members (excludes halogenated alkanes) is 1. The molecule has 138 valence electrons. The van der Waals surface area contributed by atoms with E-state index in [9.17, 15) is 23.9 Å². The van der Waals surface area contributed by atoms with E-state index in [4.69, 9.17) is 0 Å². The van der Waals surface area contributed by atoms with Gasteiger partial charge in [0.2, 0.25) is 5.91 Å². The van der Waals surface area contributed by atoms with Gasteiger partial charge in [-0.1, -0.05) is 33.6 Å². The Morgan fingerprint density at radius 2 is 1.72 bits per heavy atom. The van der Waals surface area contributed by atoms with Gasteiger partial charge in [0.1, 0.15) is 17.9 Å². The lowest BCUT2D eigenvalue weighted by Crippen LogP contribution is -2.53. The van der Waals surface area contributed by atoms with Crippen LogP contribution in [-0.4, -0.2) is 35.0 Å². The average molecular weight is 352 g/mol. The molecule has 3 N–H and O–H groups in total. The van der Waals surface area contributed by atoms with Gasteiger partial charge in [0.15, 0.2) is 0 Å². The summed E-state index contributed by atoms with van der Waals surface area (Å²) in [4.78, 5) is 35.9. The van der Waals surface area contributed by atoms with Gasteiger partial charge < -0.3 is 15.7 Å². The van der Waals surface area contributed by atoms with Crippen LogP contribution in [0.3, 0.4) is 0 Å². The van der Waals surface area contributed by atoms with Crippen molar-refractivity contribution in [3.05, 3.63) is 35.6 Å². The Kier molecular flexibility index (Phi) is 8.04. The van der Waals surface area contributed by atoms with E-state index in [1.165, 1.54) is 12.1 Å². The predicted octanol–water partition coefficient (Wildman–Crippen LogP) is 2.34. The van der Waals surface area contributed by atoms with Crippen LogP contribution in [-0.2, 0) is 9.59 Å². The highest BCUT2D eigenvalue weighted by atomic mass is 19.1. The van der Waals surface area contributed by atoms with Gasteiger partial charge in [0, 0.05) is 5.56 Å². The molecule has 1 aromatic rings. The number of hydrogen-bond acceptors (Lipinski definition) is 3. The van der Waals surface area contributed by atoms with Gasteiger partial charge in [-0.3, -0.25) is 9.59 Å². The van der Waals surface area contributed by atoms with Crippen LogP contribution >= 0.6 is 0 Å². The van der Waals surface area contributed by atoms with Gasteiger partial charge in [0.25, 0.3) is 5.91 Å². The molecule has 2 atom stereocenters. The van der Waals surface area contributed by atoms with Gasteiger partial charge in [-0.25, -0.2) is 9.18 Å². The molecular formula is C18H25FN2O4. The number of nitrogens with one attached hydrogen (secondary N) is 2. The minimum atomic E-state index is -1.10. The lowest BCUT2D eigenvalue weighted by molar-refractivity contribution is -0.142. The fourth-order valence-corrected chi connectivity index (χ4v) is 2.29. The summed E-state index contributed by atoms with van der Waals surface area (Å²) in [6.45, 7) is 5.43. The lowest BCUT2D eigenvalue weighted by atomic mass is 10.0. The fourth-order valence-electron chi connectivity index (χ4n) is 2.29. The zero-order chi connectivity index (χ0) is 19.0. The van der Waals surface area contributed by atoms with Crippen LogP contribution in [0.5, 0.6) is 0 Å². The summed E-state index contributed by atoms with van der Waals surface area (Å²) in [6, 6.07) is 3.08. The standard InChI is InChI=1S/C18H25FN2O4/c1-4-5-6-14(18(24)25)20-17(23)15(11(2)3)21-16(22)12-7-9-13(19)10-8-12/h7-11,14-15H,4-6H2,1-3H3,(H,20,23)(H,21,22)(H,24,25). The van der Waals surface area contributed by atoms with E-state index >= 15 is 0 Å². The second-order valence-corrected chi connectivity index (χ2v) is 6.24. The minimum Gasteiger partial charge on any atom is -0.480 e. The van der Waals surface area contributed by atoms with E-state index in [0.29, 0.717) is 12.8 Å². The monoisotopic (exact) mass is 352 g/mol. The van der Waals surface area contributed by atoms with Crippen molar-refractivity contribution in [2.75, 3.05) is 0 Å². The maximum absolute atomic E-state index is 12.9. The first-order chi connectivity index (χ1) is 11.8. The van der Waals surface area contributed by atoms with E-state index in [1.54, 1.807) is 13.8 Å². The number of amides is 2. The second kappa shape index (κ2) is 9.76. The van der Waals surface area contributed by atoms with Gasteiger partial charge in [-0.2, -0.15) is 0 Å². The van der Waals surface area contributed by atoms with Crippen molar-refractivity contribution >= 4 is 17.8 Å². The first-order valence-corrected chi connectivity index (χ1v) is 8.35. The molecule has 2 unspecified atom stereocenters. The summed E-state index contributed by atoms with van der Waals surface area (Å²) in [7, 11) is 0. The molecule has 0 fully saturated rings. The molecule has 0 aliphatic carbocycles. The van der Waals surface area contributed by atoms with Crippen molar-refractivity contribution in [2.24, 2.45) is 5.92 Å². The molecule has 7 heteroatoms. The Labute approximate surface area is 146 Å². The van der Waals surface area contributed by atoms with E-state index < -0.39 is 35.7 Å². The largest absolute Gasteiger partial charge is 0.480 e. The van der Waals surface area contributed by atoms with E-state index in [2.05, 4.69) is 10.6 Å². The van der Waals surface area contributed by atoms with Crippen LogP contribution < -0.4 is 10.6 Å². The third-order valence-corrected chi connectivity index (χ3v) is 3.80. The van der Waals surface area contributed by atoms with Crippen molar-refractivity contribution in [1.82, 2.24) is 10.6 Å². The van der Waals surface area contributed by atoms with Crippen molar-refractivity contribution in [2.45, 2.75) is 52.1 Å². The number of carbonyl (C=O) groups is 3. The molecular weight excluding hydrogens is 327 g/mol. The molecule has 0 aliphatic heterocycles. The molecule has 25 heavy (non-hydrogen) atoms. The summed E-state index contributed by atoms with van der Waals surface area (Å²) >= 11 is 0. The highest BCUT2D eigenvalue weighted by molar-refractivity contribution is 5.98. The number of rotatable bonds is 9. The molecule has 0 bridgehead atoms. The Morgan fingerprint density at radius 3 is 2.20 bits per heavy atom. The van der Waals surface area contributed by atoms with Gasteiger partial charge in [-0.05, 0) is 36.6 Å². The second-order valence-electron chi connectivity index (χ2n) is 6.24. The molecule has 0 radical (unpaired) electrons. The molecule has 1 rings (SSSR count). The van der Waals surface area contributed by atoms with Gasteiger partial charge >= 0.3 is 5.97 Å². The average Bonchev–Trinajstić information content (AvgIpc) is 2.56. The van der Waals surface area contributed by atoms with Crippen LogP contribution in [0.15, 0.2) is 24.3 Å². The minimum absolute atomic E-state index is 0.223. The van der Waals surface area contributed by atoms with Crippen molar-refractivity contribution in [1.29, 1.82) is 0 Å². The van der Waals surface area contributed by atoms with Crippen molar-refractivity contribution in [3.63, 3.8) is 0 Å². The van der Waals surface area contributed by atoms with Crippen molar-refractivity contribution in [3.8, 4) is 0 Å². The number of carbonyl (C=O) groups excluding carboxylic acids is 2. The Morgan fingerprint density at radius 1 is 1.12 bits per heavy atom. The van der Waals surface area contributed by atoms with Crippen LogP contribution in [0, 0.1) is 11.7 Å². The maximum Gasteiger partial charge on any atom is 0.326 e. The molecule has 0 aliphatic rings. The topological polar surface area (TPSA) is 95.5 Å². The van der Waals surface area contributed by atoms with Crippen LogP contribution in [0.1, 0.15) is 50.4 Å². The summed E-state index contributed by atoms with van der Waals surface area (Å²) < 4.78 is 12.9. The number of aliphatic carboxylic acids is 1. The lowest BCUT2D eigenvalue weighted by Gasteiger charge is -2.24. The van der Waals surface area contributed by atoms with E-state index in [-0.39, 0.29) is 11.5 Å². The third kappa shape index (κ3) is 6.52. The van der Waals surface area contributed by atoms with E-state index in [0.717, 1.165) is 18.6 Å². The number of halogens is 1. The first kappa shape index (κ1) is 20.6. The zero-order valence-corrected chi connectivity index (χ0v) is 14.7. The SMILES string of the molecule is CCCCC(NC(=O)C(NC(=O)c1ccc(F)cc1)C(C)C)C(=O)O. The number of carboxylic acid groups (broad SMARTS) is 1. The highest BCUT2D eigenvalue weighted by Crippen LogP contribution is 2.08. The molecule has 0 heterocycles. The van der Waals surface area contributed by atoms with Gasteiger partial charge in [-0.15, -0.1) is 0 Å². The van der Waals surface area contributed by atoms with Crippen LogP contribution in [0.4, 0.5) is 4.39 Å². The summed E-state index contributed by atoms with van der Waals surface area (Å²) in [5.74, 6) is -2.88. The Bertz CT molecular complexity index is 602. The molecule has 6 nitrogen and oxygen atoms in total. The maximum atomic E-state index is 12.9. The molecule has 0 saturated carbocycles. The normalized spacial score (nSPS) is 13.2. The van der Waals surface area contributed by atoms with Crippen LogP contribution in [0.2, 0.25) is 0 Å². The quantitative estimate of drug-likeness (QED) is 0.636. The summed E-state index contributed by atoms with van der Waals surface area (Å²) in [5.41, 5.74) is 0.223. The Balaban J connectivity index is 2.80. The van der Waals surface area contributed by atoms with Crippen LogP contribution in [0.25, 0.3) is 0 Å². The first-order valence-electron chi connectivity index (χ1n) is 8.35. The molecule has 0 aromatic heterocycles. The molecule has 0 saturated heterocycles. The summed E-state index contributed by atoms with van der Waals surface area (Å²) in [5, 5.41) is 14.3. The fraction of sp³-hybridized carbons (Fsp3) is 0.500. The highest BCUT2D eigenvalue weighted by Gasteiger charge is 2.28. The molecule has 1 aromatic carbocycles. The molecule has 2 amide bonds. The zero-order valence-electron chi connectivity index (χ0n) is 14.7. The number of hydrogen-bond donors (Lipinski definition) is 3. The summed E-state index contributed by atoms with van der Waals surface area (Å²) in [6.07, 6.45) is 1.81.